The number of amides is 1. The van der Waals surface area contributed by atoms with Crippen molar-refractivity contribution in [2.45, 2.75) is 20.5 Å². The van der Waals surface area contributed by atoms with Crippen LogP contribution in [0.3, 0.4) is 0 Å². The number of hydrogen-bond acceptors (Lipinski definition) is 5. The standard InChI is InChI=1S/C21H23N3O3.ClH/c1-13-19(14(2)27-24-13)12-26-20-8-17-6-4-3-5-16(17)7-18(20)21(25)23-11-15-9-22-10-15;/h3-8,15,22H,9-12H2,1-2H3,(H,23,25);1H. The van der Waals surface area contributed by atoms with Crippen molar-refractivity contribution < 1.29 is 14.1 Å². The number of ether oxygens (including phenoxy) is 1. The summed E-state index contributed by atoms with van der Waals surface area (Å²) in [5.74, 6) is 1.69. The maximum Gasteiger partial charge on any atom is 0.255 e. The van der Waals surface area contributed by atoms with E-state index in [0.717, 1.165) is 40.9 Å². The second kappa shape index (κ2) is 8.63. The first-order chi connectivity index (χ1) is 13.1. The van der Waals surface area contributed by atoms with Crippen molar-refractivity contribution in [2.24, 2.45) is 5.92 Å². The summed E-state index contributed by atoms with van der Waals surface area (Å²) in [5.41, 5.74) is 2.26. The molecule has 1 saturated heterocycles. The highest BCUT2D eigenvalue weighted by Gasteiger charge is 2.20. The highest BCUT2D eigenvalue weighted by Crippen LogP contribution is 2.28. The number of benzene rings is 2. The Morgan fingerprint density at radius 2 is 1.96 bits per heavy atom. The predicted octanol–water partition coefficient (Wildman–Crippen LogP) is 3.39. The largest absolute Gasteiger partial charge is 0.488 e. The zero-order valence-electron chi connectivity index (χ0n) is 16.0. The normalized spacial score (nSPS) is 13.6. The molecule has 4 rings (SSSR count). The van der Waals surface area contributed by atoms with Crippen LogP contribution in [0.5, 0.6) is 5.75 Å². The Labute approximate surface area is 170 Å². The van der Waals surface area contributed by atoms with Gasteiger partial charge in [-0.1, -0.05) is 29.4 Å². The monoisotopic (exact) mass is 401 g/mol. The van der Waals surface area contributed by atoms with Gasteiger partial charge >= 0.3 is 0 Å². The summed E-state index contributed by atoms with van der Waals surface area (Å²) in [6.07, 6.45) is 0. The number of rotatable bonds is 6. The fraction of sp³-hybridized carbons (Fsp3) is 0.333. The van der Waals surface area contributed by atoms with Crippen LogP contribution >= 0.6 is 12.4 Å². The van der Waals surface area contributed by atoms with Crippen molar-refractivity contribution in [3.05, 3.63) is 59.0 Å². The molecule has 0 unspecified atom stereocenters. The molecule has 0 saturated carbocycles. The summed E-state index contributed by atoms with van der Waals surface area (Å²) in [4.78, 5) is 12.8. The molecule has 0 radical (unpaired) electrons. The van der Waals surface area contributed by atoms with Gasteiger partial charge in [-0.25, -0.2) is 0 Å². The molecule has 7 heteroatoms. The van der Waals surface area contributed by atoms with Crippen molar-refractivity contribution in [3.63, 3.8) is 0 Å². The van der Waals surface area contributed by atoms with Crippen LogP contribution in [0.1, 0.15) is 27.4 Å². The van der Waals surface area contributed by atoms with Gasteiger partial charge < -0.3 is 19.9 Å². The molecular formula is C21H24ClN3O3. The molecule has 6 nitrogen and oxygen atoms in total. The molecule has 1 aliphatic rings. The van der Waals surface area contributed by atoms with Gasteiger partial charge in [0.25, 0.3) is 5.91 Å². The Balaban J connectivity index is 0.00000225. The second-order valence-electron chi connectivity index (χ2n) is 7.02. The van der Waals surface area contributed by atoms with Gasteiger partial charge in [0, 0.05) is 25.6 Å². The van der Waals surface area contributed by atoms with E-state index in [0.29, 0.717) is 30.4 Å². The zero-order valence-corrected chi connectivity index (χ0v) is 16.8. The van der Waals surface area contributed by atoms with Crippen LogP contribution in [0.25, 0.3) is 10.8 Å². The number of hydrogen-bond donors (Lipinski definition) is 2. The van der Waals surface area contributed by atoms with E-state index in [1.54, 1.807) is 0 Å². The molecule has 148 valence electrons. The number of fused-ring (bicyclic) bond motifs is 1. The molecule has 1 fully saturated rings. The van der Waals surface area contributed by atoms with Gasteiger partial charge in [0.15, 0.2) is 0 Å². The average molecular weight is 402 g/mol. The van der Waals surface area contributed by atoms with Crippen molar-refractivity contribution in [3.8, 4) is 5.75 Å². The summed E-state index contributed by atoms with van der Waals surface area (Å²) in [6, 6.07) is 11.8. The van der Waals surface area contributed by atoms with E-state index in [1.165, 1.54) is 0 Å². The molecule has 28 heavy (non-hydrogen) atoms. The van der Waals surface area contributed by atoms with Crippen LogP contribution in [0.2, 0.25) is 0 Å². The van der Waals surface area contributed by atoms with Crippen LogP contribution in [0.4, 0.5) is 0 Å². The molecule has 0 spiro atoms. The molecule has 1 amide bonds. The predicted molar refractivity (Wildman–Crippen MR) is 110 cm³/mol. The molecule has 2 heterocycles. The van der Waals surface area contributed by atoms with Crippen molar-refractivity contribution in [1.82, 2.24) is 15.8 Å². The van der Waals surface area contributed by atoms with Crippen molar-refractivity contribution >= 4 is 29.1 Å². The van der Waals surface area contributed by atoms with Gasteiger partial charge in [0.05, 0.1) is 16.8 Å². The molecule has 1 aromatic heterocycles. The molecule has 1 aliphatic heterocycles. The SMILES string of the molecule is Cc1noc(C)c1COc1cc2ccccc2cc1C(=O)NCC1CNC1.Cl. The van der Waals surface area contributed by atoms with E-state index in [4.69, 9.17) is 9.26 Å². The third-order valence-corrected chi connectivity index (χ3v) is 5.06. The minimum absolute atomic E-state index is 0. The molecule has 3 aromatic rings. The summed E-state index contributed by atoms with van der Waals surface area (Å²) in [7, 11) is 0. The highest BCUT2D eigenvalue weighted by atomic mass is 35.5. The van der Waals surface area contributed by atoms with E-state index in [9.17, 15) is 4.79 Å². The van der Waals surface area contributed by atoms with E-state index in [1.807, 2.05) is 50.2 Å². The fourth-order valence-corrected chi connectivity index (χ4v) is 3.20. The minimum Gasteiger partial charge on any atom is -0.488 e. The van der Waals surface area contributed by atoms with Gasteiger partial charge in [-0.2, -0.15) is 0 Å². The number of nitrogens with zero attached hydrogens (tertiary/aromatic N) is 1. The molecular weight excluding hydrogens is 378 g/mol. The van der Waals surface area contributed by atoms with Crippen LogP contribution < -0.4 is 15.4 Å². The summed E-state index contributed by atoms with van der Waals surface area (Å²) < 4.78 is 11.2. The number of carbonyl (C=O) groups excluding carboxylic acids is 1. The Kier molecular flexibility index (Phi) is 6.21. The quantitative estimate of drug-likeness (QED) is 0.662. The fourth-order valence-electron chi connectivity index (χ4n) is 3.20. The van der Waals surface area contributed by atoms with E-state index >= 15 is 0 Å². The van der Waals surface area contributed by atoms with Crippen LogP contribution in [0, 0.1) is 19.8 Å². The van der Waals surface area contributed by atoms with E-state index in [-0.39, 0.29) is 18.3 Å². The summed E-state index contributed by atoms with van der Waals surface area (Å²) in [5, 5.41) is 12.3. The number of aryl methyl sites for hydroxylation is 2. The lowest BCUT2D eigenvalue weighted by Gasteiger charge is -2.27. The maximum absolute atomic E-state index is 12.8. The lowest BCUT2D eigenvalue weighted by Crippen LogP contribution is -2.48. The lowest BCUT2D eigenvalue weighted by molar-refractivity contribution is 0.0938. The van der Waals surface area contributed by atoms with Crippen LogP contribution in [0.15, 0.2) is 40.9 Å². The van der Waals surface area contributed by atoms with Crippen LogP contribution in [-0.2, 0) is 6.61 Å². The van der Waals surface area contributed by atoms with Crippen molar-refractivity contribution in [2.75, 3.05) is 19.6 Å². The summed E-state index contributed by atoms with van der Waals surface area (Å²) >= 11 is 0. The molecule has 0 atom stereocenters. The lowest BCUT2D eigenvalue weighted by atomic mass is 10.0. The second-order valence-corrected chi connectivity index (χ2v) is 7.02. The zero-order chi connectivity index (χ0) is 18.8. The first-order valence-electron chi connectivity index (χ1n) is 9.18. The van der Waals surface area contributed by atoms with Gasteiger partial charge in [0.2, 0.25) is 0 Å². The third-order valence-electron chi connectivity index (χ3n) is 5.06. The number of halogens is 1. The number of aromatic nitrogens is 1. The first kappa shape index (κ1) is 20.2. The Bertz CT molecular complexity index is 963. The smallest absolute Gasteiger partial charge is 0.255 e. The van der Waals surface area contributed by atoms with Gasteiger partial charge in [-0.15, -0.1) is 12.4 Å². The molecule has 2 aromatic carbocycles. The average Bonchev–Trinajstić information content (AvgIpc) is 2.95. The Morgan fingerprint density at radius 1 is 1.25 bits per heavy atom. The molecule has 2 N–H and O–H groups in total. The van der Waals surface area contributed by atoms with Gasteiger partial charge in [-0.3, -0.25) is 4.79 Å². The van der Waals surface area contributed by atoms with Crippen molar-refractivity contribution in [1.29, 1.82) is 0 Å². The third kappa shape index (κ3) is 4.13. The van der Waals surface area contributed by atoms with Crippen LogP contribution in [-0.4, -0.2) is 30.7 Å². The maximum atomic E-state index is 12.8. The minimum atomic E-state index is -0.110. The van der Waals surface area contributed by atoms with E-state index < -0.39 is 0 Å². The van der Waals surface area contributed by atoms with E-state index in [2.05, 4.69) is 15.8 Å². The Hall–Kier alpha value is -2.57. The number of carbonyl (C=O) groups is 1. The number of nitrogens with one attached hydrogen (secondary N) is 2. The highest BCUT2D eigenvalue weighted by molar-refractivity contribution is 6.01. The summed E-state index contributed by atoms with van der Waals surface area (Å²) in [6.45, 7) is 6.63. The molecule has 0 aliphatic carbocycles. The molecule has 0 bridgehead atoms. The topological polar surface area (TPSA) is 76.4 Å². The Morgan fingerprint density at radius 3 is 2.57 bits per heavy atom. The van der Waals surface area contributed by atoms with Gasteiger partial charge in [-0.05, 0) is 36.8 Å². The van der Waals surface area contributed by atoms with Gasteiger partial charge in [0.1, 0.15) is 18.1 Å². The first-order valence-corrected chi connectivity index (χ1v) is 9.18.